The number of rotatable bonds is 3. The molecule has 7 aliphatic rings. The highest BCUT2D eigenvalue weighted by Crippen LogP contribution is 2.75. The van der Waals surface area contributed by atoms with Gasteiger partial charge < -0.3 is 24.1 Å². The number of alkyl halides is 2. The minimum atomic E-state index is -0.918. The number of aromatic amines is 1. The molecule has 4 saturated carbocycles. The molecule has 8 rings (SSSR count). The van der Waals surface area contributed by atoms with Gasteiger partial charge in [-0.1, -0.05) is 42.3 Å². The number of hydrogen-bond acceptors (Lipinski definition) is 5. The first-order valence-electron chi connectivity index (χ1n) is 15.4. The molecule has 11 atom stereocenters. The van der Waals surface area contributed by atoms with Crippen molar-refractivity contribution in [1.29, 1.82) is 0 Å². The maximum absolute atomic E-state index is 12.3. The summed E-state index contributed by atoms with van der Waals surface area (Å²) in [7, 11) is 0. The highest BCUT2D eigenvalue weighted by Gasteiger charge is 2.81. The van der Waals surface area contributed by atoms with Crippen LogP contribution in [-0.2, 0) is 31.9 Å². The van der Waals surface area contributed by atoms with Crippen molar-refractivity contribution in [2.45, 2.75) is 94.6 Å². The smallest absolute Gasteiger partial charge is 0.227 e. The van der Waals surface area contributed by atoms with Gasteiger partial charge in [0.05, 0.1) is 11.0 Å². The van der Waals surface area contributed by atoms with E-state index in [4.69, 9.17) is 30.5 Å². The fourth-order valence-electron chi connectivity index (χ4n) is 11.1. The van der Waals surface area contributed by atoms with Gasteiger partial charge in [-0.15, -0.1) is 16.3 Å². The topological polar surface area (TPSA) is 76.8 Å². The van der Waals surface area contributed by atoms with Gasteiger partial charge in [0.15, 0.2) is 26.3 Å². The minimum Gasteiger partial charge on any atom is -0.391 e. The van der Waals surface area contributed by atoms with E-state index >= 15 is 0 Å². The van der Waals surface area contributed by atoms with Crippen molar-refractivity contribution >= 4 is 33.6 Å². The summed E-state index contributed by atoms with van der Waals surface area (Å²) in [5, 5.41) is 17.0. The average Bonchev–Trinajstić information content (AvgIpc) is 3.67. The zero-order valence-electron chi connectivity index (χ0n) is 23.9. The molecule has 3 heterocycles. The van der Waals surface area contributed by atoms with Crippen molar-refractivity contribution in [3.05, 3.63) is 23.0 Å². The average molecular weight is 639 g/mol. The van der Waals surface area contributed by atoms with E-state index in [1.54, 1.807) is 0 Å². The van der Waals surface area contributed by atoms with E-state index in [1.807, 2.05) is 0 Å². The number of hydrogen-bond donors (Lipinski definition) is 2. The molecule has 5 aliphatic carbocycles. The van der Waals surface area contributed by atoms with Crippen molar-refractivity contribution in [3.63, 3.8) is 0 Å². The van der Waals surface area contributed by atoms with Crippen molar-refractivity contribution < 1.29 is 28.7 Å². The molecule has 0 aromatic carbocycles. The van der Waals surface area contributed by atoms with Crippen molar-refractivity contribution in [2.24, 2.45) is 40.4 Å². The van der Waals surface area contributed by atoms with Gasteiger partial charge in [0, 0.05) is 27.6 Å². The summed E-state index contributed by atoms with van der Waals surface area (Å²) in [5.41, 5.74) is 2.59. The highest BCUT2D eigenvalue weighted by molar-refractivity contribution is 9.09. The SMILES string of the molecule is C[C@@H]1C[C@H]2[C@@H]3CCC4=Cc5[nH][n+](CC6CCC6CBr)cc5C[C@]4(C)[C@@]3(Cl)[C@@H](O)C[C@]2(C)[C@]12OCOC21COCO1. The molecule has 2 spiro atoms. The Bertz CT molecular complexity index is 1240. The number of ether oxygens (including phenoxy) is 4. The fourth-order valence-corrected chi connectivity index (χ4v) is 12.5. The quantitative estimate of drug-likeness (QED) is 0.363. The molecule has 0 radical (unpaired) electrons. The summed E-state index contributed by atoms with van der Waals surface area (Å²) in [5.74, 6) is 1.24. The third-order valence-electron chi connectivity index (χ3n) is 13.2. The predicted molar refractivity (Wildman–Crippen MR) is 152 cm³/mol. The Labute approximate surface area is 250 Å². The highest BCUT2D eigenvalue weighted by atomic mass is 79.9. The maximum atomic E-state index is 12.3. The maximum Gasteiger partial charge on any atom is 0.227 e. The lowest BCUT2D eigenvalue weighted by Crippen LogP contribution is -2.71. The van der Waals surface area contributed by atoms with Crippen LogP contribution in [0.4, 0.5) is 0 Å². The van der Waals surface area contributed by atoms with Crippen LogP contribution in [0.2, 0.25) is 0 Å². The number of aromatic nitrogens is 2. The second-order valence-corrected chi connectivity index (χ2v) is 15.8. The second-order valence-electron chi connectivity index (χ2n) is 14.6. The molecular formula is C31H43BrClN2O5+. The standard InChI is InChI=1S/C31H42BrClN2O5/c1-18-8-24-23-7-6-22-9-25-21(14-35(34-25)13-20-5-4-19(20)12-32)10-27(22,2)30(23,33)26(36)11-28(24,3)31(18)29(39-17-40-31)15-37-16-38-29/h9,14,18-20,23-24,26,36H,4-8,10-13,15-17H2,1-3H3/p+1/t18-,19?,20?,23+,24+,26+,27+,28+,29?,30+,31-/m1/s1. The van der Waals surface area contributed by atoms with Gasteiger partial charge in [0.25, 0.3) is 0 Å². The summed E-state index contributed by atoms with van der Waals surface area (Å²) in [4.78, 5) is -0.749. The van der Waals surface area contributed by atoms with E-state index in [0.29, 0.717) is 18.9 Å². The van der Waals surface area contributed by atoms with Crippen LogP contribution in [0.25, 0.3) is 6.08 Å². The van der Waals surface area contributed by atoms with Crippen LogP contribution in [0.5, 0.6) is 0 Å². The van der Waals surface area contributed by atoms with Gasteiger partial charge in [0.2, 0.25) is 5.79 Å². The molecule has 2 aliphatic heterocycles. The lowest BCUT2D eigenvalue weighted by molar-refractivity contribution is -0.758. The molecule has 220 valence electrons. The number of aliphatic hydroxyl groups is 1. The fraction of sp³-hybridized carbons (Fsp3) is 0.839. The Hall–Kier alpha value is -0.480. The number of halogens is 2. The Morgan fingerprint density at radius 3 is 2.65 bits per heavy atom. The summed E-state index contributed by atoms with van der Waals surface area (Å²) in [6.07, 6.45) is 11.0. The van der Waals surface area contributed by atoms with Crippen LogP contribution >= 0.6 is 27.5 Å². The molecule has 0 bridgehead atoms. The molecule has 2 saturated heterocycles. The number of allylic oxidation sites excluding steroid dienone is 1. The molecule has 3 unspecified atom stereocenters. The predicted octanol–water partition coefficient (Wildman–Crippen LogP) is 4.93. The van der Waals surface area contributed by atoms with E-state index in [1.165, 1.54) is 29.7 Å². The Morgan fingerprint density at radius 2 is 1.93 bits per heavy atom. The summed E-state index contributed by atoms with van der Waals surface area (Å²) in [6.45, 7) is 8.72. The molecule has 9 heteroatoms. The third kappa shape index (κ3) is 3.08. The van der Waals surface area contributed by atoms with E-state index < -0.39 is 22.4 Å². The number of H-pyrrole nitrogens is 1. The molecular weight excluding hydrogens is 596 g/mol. The summed E-state index contributed by atoms with van der Waals surface area (Å²) < 4.78 is 27.1. The van der Waals surface area contributed by atoms with Crippen LogP contribution < -0.4 is 4.68 Å². The zero-order valence-corrected chi connectivity index (χ0v) is 26.2. The number of aliphatic hydroxyl groups excluding tert-OH is 1. The first-order valence-corrected chi connectivity index (χ1v) is 16.9. The van der Waals surface area contributed by atoms with Crippen LogP contribution in [0.3, 0.4) is 0 Å². The van der Waals surface area contributed by atoms with E-state index in [-0.39, 0.29) is 36.3 Å². The Morgan fingerprint density at radius 1 is 1.12 bits per heavy atom. The largest absolute Gasteiger partial charge is 0.391 e. The molecule has 7 nitrogen and oxygen atoms in total. The van der Waals surface area contributed by atoms with E-state index in [2.05, 4.69) is 58.8 Å². The number of nitrogens with one attached hydrogen (secondary N) is 1. The summed E-state index contributed by atoms with van der Waals surface area (Å²) >= 11 is 11.6. The Kier molecular flexibility index (Phi) is 5.96. The van der Waals surface area contributed by atoms with Crippen molar-refractivity contribution in [3.8, 4) is 0 Å². The van der Waals surface area contributed by atoms with Gasteiger partial charge in [-0.3, -0.25) is 0 Å². The van der Waals surface area contributed by atoms with Crippen LogP contribution in [0, 0.1) is 40.4 Å². The number of nitrogens with zero attached hydrogens (tertiary/aromatic N) is 1. The normalized spacial score (nSPS) is 52.7. The van der Waals surface area contributed by atoms with Crippen molar-refractivity contribution in [1.82, 2.24) is 5.10 Å². The molecule has 40 heavy (non-hydrogen) atoms. The lowest BCUT2D eigenvalue weighted by Gasteiger charge is -2.65. The first-order chi connectivity index (χ1) is 19.1. The van der Waals surface area contributed by atoms with E-state index in [9.17, 15) is 5.11 Å². The van der Waals surface area contributed by atoms with Gasteiger partial charge in [-0.2, -0.15) is 5.10 Å². The van der Waals surface area contributed by atoms with Gasteiger partial charge in [-0.05, 0) is 74.7 Å². The van der Waals surface area contributed by atoms with Gasteiger partial charge in [-0.25, -0.2) is 0 Å². The van der Waals surface area contributed by atoms with Crippen LogP contribution in [0.15, 0.2) is 11.8 Å². The molecule has 1 aromatic rings. The van der Waals surface area contributed by atoms with Gasteiger partial charge in [0.1, 0.15) is 17.9 Å². The molecule has 0 amide bonds. The van der Waals surface area contributed by atoms with Crippen LogP contribution in [0.1, 0.15) is 70.6 Å². The van der Waals surface area contributed by atoms with Crippen LogP contribution in [-0.4, -0.2) is 58.1 Å². The third-order valence-corrected chi connectivity index (χ3v) is 15.0. The molecule has 2 N–H and O–H groups in total. The molecule has 6 fully saturated rings. The monoisotopic (exact) mass is 637 g/mol. The zero-order chi connectivity index (χ0) is 27.7. The number of fused-ring (bicyclic) bond motifs is 8. The second kappa shape index (κ2) is 8.80. The molecule has 1 aromatic heterocycles. The lowest BCUT2D eigenvalue weighted by atomic mass is 9.44. The van der Waals surface area contributed by atoms with Gasteiger partial charge >= 0.3 is 0 Å². The Balaban J connectivity index is 1.14. The first kappa shape index (κ1) is 27.1. The summed E-state index contributed by atoms with van der Waals surface area (Å²) in [6, 6.07) is 0. The van der Waals surface area contributed by atoms with E-state index in [0.717, 1.165) is 49.4 Å². The minimum absolute atomic E-state index is 0.165. The van der Waals surface area contributed by atoms with Crippen molar-refractivity contribution in [2.75, 3.05) is 25.5 Å².